The van der Waals surface area contributed by atoms with Crippen molar-refractivity contribution in [3.05, 3.63) is 59.7 Å². The van der Waals surface area contributed by atoms with Gasteiger partial charge in [0.25, 0.3) is 0 Å². The van der Waals surface area contributed by atoms with Crippen molar-refractivity contribution in [1.82, 2.24) is 0 Å². The number of hydrogen-bond acceptors (Lipinski definition) is 5. The zero-order valence-corrected chi connectivity index (χ0v) is 14.9. The molecular weight excluding hydrogens is 334 g/mol. The molecule has 0 aliphatic carbocycles. The molecule has 0 saturated carbocycles. The fourth-order valence-electron chi connectivity index (χ4n) is 2.83. The van der Waals surface area contributed by atoms with Crippen LogP contribution in [-0.4, -0.2) is 17.8 Å². The summed E-state index contributed by atoms with van der Waals surface area (Å²) >= 11 is 0. The molecule has 0 heterocycles. The summed E-state index contributed by atoms with van der Waals surface area (Å²) in [5, 5.41) is 0. The zero-order chi connectivity index (χ0) is 19.3. The molecule has 0 fully saturated rings. The molecule has 0 unspecified atom stereocenters. The van der Waals surface area contributed by atoms with E-state index in [2.05, 4.69) is 0 Å². The molecule has 0 atom stereocenters. The maximum absolute atomic E-state index is 11.7. The van der Waals surface area contributed by atoms with E-state index in [0.717, 1.165) is 11.1 Å². The van der Waals surface area contributed by atoms with E-state index in [4.69, 9.17) is 15.2 Å². The lowest BCUT2D eigenvalue weighted by Gasteiger charge is -2.30. The third-order valence-corrected chi connectivity index (χ3v) is 4.03. The second kappa shape index (κ2) is 7.82. The minimum atomic E-state index is -0.685. The molecule has 0 aliphatic rings. The van der Waals surface area contributed by atoms with Gasteiger partial charge in [-0.1, -0.05) is 31.2 Å². The highest BCUT2D eigenvalue weighted by Crippen LogP contribution is 2.36. The lowest BCUT2D eigenvalue weighted by Crippen LogP contribution is -2.30. The first kappa shape index (κ1) is 19.2. The molecule has 2 N–H and O–H groups in total. The second-order valence-electron chi connectivity index (χ2n) is 6.21. The van der Waals surface area contributed by atoms with Gasteiger partial charge >= 0.3 is 11.9 Å². The normalized spacial score (nSPS) is 10.9. The molecule has 1 amide bonds. The predicted molar refractivity (Wildman–Crippen MR) is 95.8 cm³/mol. The Bertz CT molecular complexity index is 750. The number of esters is 2. The predicted octanol–water partition coefficient (Wildman–Crippen LogP) is 2.72. The summed E-state index contributed by atoms with van der Waals surface area (Å²) in [5.41, 5.74) is 6.46. The Morgan fingerprint density at radius 3 is 1.42 bits per heavy atom. The van der Waals surface area contributed by atoms with Gasteiger partial charge in [-0.25, -0.2) is 0 Å². The minimum absolute atomic E-state index is 0.0901. The van der Waals surface area contributed by atoms with Crippen LogP contribution in [0.15, 0.2) is 48.5 Å². The van der Waals surface area contributed by atoms with Crippen LogP contribution in [0.4, 0.5) is 0 Å². The Labute approximate surface area is 151 Å². The van der Waals surface area contributed by atoms with Crippen LogP contribution in [0.25, 0.3) is 0 Å². The fourth-order valence-corrected chi connectivity index (χ4v) is 2.83. The SMILES string of the molecule is CC(=O)Oc1ccc(C(C)(CC(N)=O)c2ccc(OC(C)=O)cc2)cc1. The molecule has 0 radical (unpaired) electrons. The average Bonchev–Trinajstić information content (AvgIpc) is 2.54. The van der Waals surface area contributed by atoms with Crippen LogP contribution in [0.5, 0.6) is 11.5 Å². The highest BCUT2D eigenvalue weighted by Gasteiger charge is 2.31. The van der Waals surface area contributed by atoms with Crippen LogP contribution >= 0.6 is 0 Å². The van der Waals surface area contributed by atoms with Crippen LogP contribution in [0.3, 0.4) is 0 Å². The summed E-state index contributed by atoms with van der Waals surface area (Å²) in [4.78, 5) is 33.8. The monoisotopic (exact) mass is 355 g/mol. The number of hydrogen-bond donors (Lipinski definition) is 1. The van der Waals surface area contributed by atoms with Crippen LogP contribution in [0.2, 0.25) is 0 Å². The number of rotatable bonds is 6. The van der Waals surface area contributed by atoms with E-state index in [1.54, 1.807) is 48.5 Å². The Balaban J connectivity index is 2.39. The number of carbonyl (C=O) groups is 3. The van der Waals surface area contributed by atoms with E-state index in [9.17, 15) is 14.4 Å². The smallest absolute Gasteiger partial charge is 0.308 e. The minimum Gasteiger partial charge on any atom is -0.427 e. The summed E-state index contributed by atoms with van der Waals surface area (Å²) in [5.74, 6) is -0.404. The van der Waals surface area contributed by atoms with Crippen molar-refractivity contribution in [3.63, 3.8) is 0 Å². The molecule has 6 nitrogen and oxygen atoms in total. The number of nitrogens with two attached hydrogens (primary N) is 1. The molecule has 6 heteroatoms. The van der Waals surface area contributed by atoms with Crippen LogP contribution in [-0.2, 0) is 19.8 Å². The second-order valence-corrected chi connectivity index (χ2v) is 6.21. The van der Waals surface area contributed by atoms with Crippen molar-refractivity contribution in [2.45, 2.75) is 32.6 Å². The molecule has 0 spiro atoms. The summed E-state index contributed by atoms with van der Waals surface area (Å²) in [6.07, 6.45) is 0.0901. The summed E-state index contributed by atoms with van der Waals surface area (Å²) in [7, 11) is 0. The number of carbonyl (C=O) groups excluding carboxylic acids is 3. The first-order valence-electron chi connectivity index (χ1n) is 8.07. The van der Waals surface area contributed by atoms with Crippen LogP contribution in [0, 0.1) is 0 Å². The Morgan fingerprint density at radius 1 is 0.808 bits per heavy atom. The van der Waals surface area contributed by atoms with Gasteiger partial charge in [-0.15, -0.1) is 0 Å². The Morgan fingerprint density at radius 2 is 1.15 bits per heavy atom. The quantitative estimate of drug-likeness (QED) is 0.635. The van der Waals surface area contributed by atoms with Crippen molar-refractivity contribution < 1.29 is 23.9 Å². The summed E-state index contributed by atoms with van der Waals surface area (Å²) in [6.45, 7) is 4.56. The average molecular weight is 355 g/mol. The van der Waals surface area contributed by atoms with E-state index < -0.39 is 23.3 Å². The van der Waals surface area contributed by atoms with Gasteiger partial charge in [-0.05, 0) is 35.4 Å². The third kappa shape index (κ3) is 4.69. The standard InChI is InChI=1S/C20H21NO5/c1-13(22)25-17-8-4-15(5-9-17)20(3,12-19(21)24)16-6-10-18(11-7-16)26-14(2)23/h4-11H,12H2,1-3H3,(H2,21,24). The molecule has 2 rings (SSSR count). The fraction of sp³-hybridized carbons (Fsp3) is 0.250. The highest BCUT2D eigenvalue weighted by atomic mass is 16.5. The number of primary amides is 1. The van der Waals surface area contributed by atoms with Gasteiger partial charge in [0.15, 0.2) is 0 Å². The van der Waals surface area contributed by atoms with Gasteiger partial charge in [0.05, 0.1) is 0 Å². The van der Waals surface area contributed by atoms with Gasteiger partial charge in [0, 0.05) is 25.7 Å². The van der Waals surface area contributed by atoms with Crippen molar-refractivity contribution in [2.75, 3.05) is 0 Å². The van der Waals surface area contributed by atoms with Gasteiger partial charge in [0.2, 0.25) is 5.91 Å². The summed E-state index contributed by atoms with van der Waals surface area (Å²) in [6, 6.07) is 13.9. The van der Waals surface area contributed by atoms with Gasteiger partial charge < -0.3 is 15.2 Å². The molecule has 0 bridgehead atoms. The molecule has 26 heavy (non-hydrogen) atoms. The van der Waals surface area contributed by atoms with Gasteiger partial charge in [-0.3, -0.25) is 14.4 Å². The van der Waals surface area contributed by atoms with Crippen molar-refractivity contribution in [1.29, 1.82) is 0 Å². The van der Waals surface area contributed by atoms with Gasteiger partial charge in [0.1, 0.15) is 11.5 Å². The number of amides is 1. The van der Waals surface area contributed by atoms with Gasteiger partial charge in [-0.2, -0.15) is 0 Å². The largest absolute Gasteiger partial charge is 0.427 e. The third-order valence-electron chi connectivity index (χ3n) is 4.03. The van der Waals surface area contributed by atoms with Crippen molar-refractivity contribution in [3.8, 4) is 11.5 Å². The molecule has 2 aromatic rings. The van der Waals surface area contributed by atoms with Crippen molar-refractivity contribution in [2.24, 2.45) is 5.73 Å². The van der Waals surface area contributed by atoms with E-state index in [1.165, 1.54) is 13.8 Å². The number of ether oxygens (including phenoxy) is 2. The maximum atomic E-state index is 11.7. The Hall–Kier alpha value is -3.15. The lowest BCUT2D eigenvalue weighted by molar-refractivity contribution is -0.132. The van der Waals surface area contributed by atoms with Crippen molar-refractivity contribution >= 4 is 17.8 Å². The maximum Gasteiger partial charge on any atom is 0.308 e. The molecule has 2 aromatic carbocycles. The molecule has 136 valence electrons. The molecule has 0 aliphatic heterocycles. The Kier molecular flexibility index (Phi) is 5.77. The number of benzene rings is 2. The topological polar surface area (TPSA) is 95.7 Å². The van der Waals surface area contributed by atoms with E-state index in [-0.39, 0.29) is 6.42 Å². The van der Waals surface area contributed by atoms with E-state index in [0.29, 0.717) is 11.5 Å². The highest BCUT2D eigenvalue weighted by molar-refractivity contribution is 5.77. The lowest BCUT2D eigenvalue weighted by atomic mass is 9.73. The zero-order valence-electron chi connectivity index (χ0n) is 14.9. The summed E-state index contributed by atoms with van der Waals surface area (Å²) < 4.78 is 10.1. The molecular formula is C20H21NO5. The van der Waals surface area contributed by atoms with Crippen LogP contribution < -0.4 is 15.2 Å². The first-order chi connectivity index (χ1) is 12.2. The van der Waals surface area contributed by atoms with E-state index >= 15 is 0 Å². The van der Waals surface area contributed by atoms with Crippen LogP contribution in [0.1, 0.15) is 38.3 Å². The van der Waals surface area contributed by atoms with E-state index in [1.807, 2.05) is 6.92 Å². The molecule has 0 saturated heterocycles. The molecule has 0 aromatic heterocycles. The first-order valence-corrected chi connectivity index (χ1v) is 8.07.